The number of anilines is 2. The summed E-state index contributed by atoms with van der Waals surface area (Å²) in [7, 11) is 1.48. The van der Waals surface area contributed by atoms with Crippen molar-refractivity contribution in [2.75, 3.05) is 50.5 Å². The number of alkyl halides is 3. The number of halogens is 3. The first kappa shape index (κ1) is 29.3. The van der Waals surface area contributed by atoms with Crippen molar-refractivity contribution < 1.29 is 32.9 Å². The molecule has 214 valence electrons. The van der Waals surface area contributed by atoms with Gasteiger partial charge < -0.3 is 35.1 Å². The molecule has 0 saturated carbocycles. The number of hydrogen-bond donors (Lipinski definition) is 4. The first-order valence-corrected chi connectivity index (χ1v) is 13.0. The van der Waals surface area contributed by atoms with Crippen molar-refractivity contribution in [1.29, 1.82) is 0 Å². The van der Waals surface area contributed by atoms with Crippen LogP contribution >= 0.6 is 0 Å². The van der Waals surface area contributed by atoms with Gasteiger partial charge in [0.2, 0.25) is 0 Å². The number of ether oxygens (including phenoxy) is 1. The highest BCUT2D eigenvalue weighted by atomic mass is 19.4. The number of hydrogen-bond acceptors (Lipinski definition) is 7. The van der Waals surface area contributed by atoms with Gasteiger partial charge in [-0.3, -0.25) is 4.79 Å². The molecule has 1 aromatic heterocycles. The Morgan fingerprint density at radius 1 is 1.18 bits per heavy atom. The molecule has 0 radical (unpaired) electrons. The highest BCUT2D eigenvalue weighted by Gasteiger charge is 2.30. The van der Waals surface area contributed by atoms with Gasteiger partial charge in [-0.05, 0) is 55.2 Å². The number of carbonyl (C=O) groups excluding carboxylic acids is 1. The number of aliphatic hydroxyl groups excluding tert-OH is 2. The highest BCUT2D eigenvalue weighted by molar-refractivity contribution is 5.94. The van der Waals surface area contributed by atoms with E-state index in [-0.39, 0.29) is 24.9 Å². The van der Waals surface area contributed by atoms with Gasteiger partial charge in [-0.15, -0.1) is 0 Å². The number of β-amino-alcohol motifs (C(OH)–C–C–N with tert-alkyl or cyclic N) is 1. The summed E-state index contributed by atoms with van der Waals surface area (Å²) in [6, 6.07) is 12.0. The van der Waals surface area contributed by atoms with E-state index >= 15 is 0 Å². The third kappa shape index (κ3) is 7.47. The number of nitrogens with one attached hydrogen (secondary N) is 2. The molecule has 1 unspecified atom stereocenters. The van der Waals surface area contributed by atoms with Gasteiger partial charge in [0.1, 0.15) is 18.6 Å². The molecule has 1 atom stereocenters. The summed E-state index contributed by atoms with van der Waals surface area (Å²) in [5.74, 6) is 6.26. The average molecular weight is 559 g/mol. The van der Waals surface area contributed by atoms with Gasteiger partial charge in [-0.25, -0.2) is 0 Å². The van der Waals surface area contributed by atoms with Crippen LogP contribution in [0.3, 0.4) is 0 Å². The lowest BCUT2D eigenvalue weighted by Crippen LogP contribution is -2.43. The summed E-state index contributed by atoms with van der Waals surface area (Å²) >= 11 is 0. The maximum Gasteiger partial charge on any atom is 0.406 e. The summed E-state index contributed by atoms with van der Waals surface area (Å²) in [6.45, 7) is 0.604. The third-order valence-electron chi connectivity index (χ3n) is 6.86. The molecule has 1 aliphatic rings. The molecule has 4 rings (SSSR count). The van der Waals surface area contributed by atoms with Crippen LogP contribution in [0.1, 0.15) is 28.9 Å². The van der Waals surface area contributed by atoms with Crippen molar-refractivity contribution in [3.63, 3.8) is 0 Å². The number of carbonyl (C=O) groups is 1. The Bertz CT molecular complexity index is 1370. The summed E-state index contributed by atoms with van der Waals surface area (Å²) < 4.78 is 47.1. The smallest absolute Gasteiger partial charge is 0.406 e. The molecule has 4 N–H and O–H groups in total. The number of benzene rings is 2. The number of fused-ring (bicyclic) bond motifs is 1. The van der Waals surface area contributed by atoms with Crippen LogP contribution in [-0.2, 0) is 6.54 Å². The SMILES string of the molecule is COc1cc(C=O)ccc1NCC#Cc1cc2c(NC3CCN(CC(O)CO)CC3)cccc2n1CC(F)(F)F. The predicted molar refractivity (Wildman–Crippen MR) is 148 cm³/mol. The summed E-state index contributed by atoms with van der Waals surface area (Å²) in [6.07, 6.45) is -2.89. The van der Waals surface area contributed by atoms with Crippen LogP contribution in [-0.4, -0.2) is 84.2 Å². The quantitative estimate of drug-likeness (QED) is 0.222. The zero-order valence-electron chi connectivity index (χ0n) is 22.2. The number of aldehydes is 1. The fourth-order valence-corrected chi connectivity index (χ4v) is 4.90. The molecule has 0 spiro atoms. The Hall–Kier alpha value is -3.72. The minimum absolute atomic E-state index is 0.124. The second-order valence-corrected chi connectivity index (χ2v) is 9.76. The van der Waals surface area contributed by atoms with Crippen molar-refractivity contribution in [3.8, 4) is 17.6 Å². The number of piperidine rings is 1. The molecule has 0 bridgehead atoms. The van der Waals surface area contributed by atoms with Crippen molar-refractivity contribution in [1.82, 2.24) is 9.47 Å². The van der Waals surface area contributed by atoms with E-state index in [1.165, 1.54) is 11.7 Å². The minimum Gasteiger partial charge on any atom is -0.495 e. The lowest BCUT2D eigenvalue weighted by atomic mass is 10.0. The topological polar surface area (TPSA) is 99.0 Å². The Kier molecular flexibility index (Phi) is 9.58. The Labute approximate surface area is 230 Å². The molecular formula is C29H33F3N4O4. The number of likely N-dealkylation sites (tertiary alicyclic amines) is 1. The van der Waals surface area contributed by atoms with Crippen LogP contribution in [0.4, 0.5) is 24.5 Å². The van der Waals surface area contributed by atoms with E-state index < -0.39 is 18.8 Å². The van der Waals surface area contributed by atoms with E-state index in [4.69, 9.17) is 9.84 Å². The van der Waals surface area contributed by atoms with Gasteiger partial charge in [0.15, 0.2) is 0 Å². The first-order chi connectivity index (χ1) is 19.2. The second-order valence-electron chi connectivity index (χ2n) is 9.76. The summed E-state index contributed by atoms with van der Waals surface area (Å²) in [4.78, 5) is 13.1. The largest absolute Gasteiger partial charge is 0.495 e. The normalized spacial score (nSPS) is 15.3. The fraction of sp³-hybridized carbons (Fsp3) is 0.414. The first-order valence-electron chi connectivity index (χ1n) is 13.0. The Balaban J connectivity index is 1.53. The summed E-state index contributed by atoms with van der Waals surface area (Å²) in [5.41, 5.74) is 2.50. The molecule has 0 aliphatic carbocycles. The van der Waals surface area contributed by atoms with E-state index in [0.29, 0.717) is 40.7 Å². The average Bonchev–Trinajstić information content (AvgIpc) is 3.28. The number of aromatic nitrogens is 1. The van der Waals surface area contributed by atoms with Crippen LogP contribution in [0.15, 0.2) is 42.5 Å². The molecule has 3 aromatic rings. The number of aliphatic hydroxyl groups is 2. The molecule has 8 nitrogen and oxygen atoms in total. The van der Waals surface area contributed by atoms with Gasteiger partial charge in [0.25, 0.3) is 0 Å². The fourth-order valence-electron chi connectivity index (χ4n) is 4.90. The van der Waals surface area contributed by atoms with Crippen LogP contribution in [0.25, 0.3) is 10.9 Å². The second kappa shape index (κ2) is 13.1. The van der Waals surface area contributed by atoms with Crippen LogP contribution in [0.5, 0.6) is 5.75 Å². The van der Waals surface area contributed by atoms with Gasteiger partial charge >= 0.3 is 6.18 Å². The third-order valence-corrected chi connectivity index (χ3v) is 6.86. The molecule has 2 heterocycles. The monoisotopic (exact) mass is 558 g/mol. The summed E-state index contributed by atoms with van der Waals surface area (Å²) in [5, 5.41) is 26.0. The van der Waals surface area contributed by atoms with E-state index in [1.807, 2.05) is 6.07 Å². The maximum absolute atomic E-state index is 13.5. The number of nitrogens with zero attached hydrogens (tertiary/aromatic N) is 2. The van der Waals surface area contributed by atoms with Crippen LogP contribution < -0.4 is 15.4 Å². The lowest BCUT2D eigenvalue weighted by Gasteiger charge is -2.33. The molecule has 11 heteroatoms. The van der Waals surface area contributed by atoms with Crippen LogP contribution in [0.2, 0.25) is 0 Å². The van der Waals surface area contributed by atoms with Crippen LogP contribution in [0, 0.1) is 11.8 Å². The van der Waals surface area contributed by atoms with Gasteiger partial charge in [0.05, 0.1) is 43.3 Å². The number of rotatable bonds is 10. The molecule has 2 aromatic carbocycles. The molecule has 40 heavy (non-hydrogen) atoms. The van der Waals surface area contributed by atoms with E-state index in [9.17, 15) is 23.1 Å². The molecule has 0 amide bonds. The predicted octanol–water partition coefficient (Wildman–Crippen LogP) is 3.72. The van der Waals surface area contributed by atoms with Crippen molar-refractivity contribution in [2.24, 2.45) is 0 Å². The van der Waals surface area contributed by atoms with E-state index in [1.54, 1.807) is 36.4 Å². The van der Waals surface area contributed by atoms with Crippen molar-refractivity contribution in [2.45, 2.75) is 37.7 Å². The lowest BCUT2D eigenvalue weighted by molar-refractivity contribution is -0.140. The van der Waals surface area contributed by atoms with Gasteiger partial charge in [0, 0.05) is 42.3 Å². The van der Waals surface area contributed by atoms with Gasteiger partial charge in [-0.1, -0.05) is 12.0 Å². The highest BCUT2D eigenvalue weighted by Crippen LogP contribution is 2.31. The van der Waals surface area contributed by atoms with E-state index in [2.05, 4.69) is 27.4 Å². The zero-order valence-corrected chi connectivity index (χ0v) is 22.2. The van der Waals surface area contributed by atoms with Gasteiger partial charge in [-0.2, -0.15) is 13.2 Å². The molecular weight excluding hydrogens is 525 g/mol. The zero-order chi connectivity index (χ0) is 28.7. The molecule has 1 fully saturated rings. The number of methoxy groups -OCH3 is 1. The maximum atomic E-state index is 13.5. The Morgan fingerprint density at radius 2 is 1.95 bits per heavy atom. The molecule has 1 aliphatic heterocycles. The molecule has 1 saturated heterocycles. The Morgan fingerprint density at radius 3 is 2.62 bits per heavy atom. The van der Waals surface area contributed by atoms with E-state index in [0.717, 1.165) is 31.6 Å². The van der Waals surface area contributed by atoms with Crippen molar-refractivity contribution >= 4 is 28.6 Å². The van der Waals surface area contributed by atoms with Crippen molar-refractivity contribution in [3.05, 3.63) is 53.7 Å². The minimum atomic E-state index is -4.43. The standard InChI is InChI=1S/C29H33F3N4O4/c1-40-28-14-20(17-37)7-8-26(28)33-11-3-4-22-15-24-25(5-2-6-27(24)36(22)19-29(30,31)32)34-21-9-12-35(13-10-21)16-23(39)18-38/h2,5-8,14-15,17,21,23,33-34,38-39H,9-13,16,18-19H2,1H3.